The Morgan fingerprint density at radius 3 is 2.43 bits per heavy atom. The number of hydrogen-bond donors (Lipinski definition) is 1. The number of anilines is 1. The maximum absolute atomic E-state index is 13.1. The van der Waals surface area contributed by atoms with Gasteiger partial charge in [-0.05, 0) is 62.2 Å². The van der Waals surface area contributed by atoms with E-state index in [9.17, 15) is 8.78 Å². The van der Waals surface area contributed by atoms with Crippen LogP contribution in [0.4, 0.5) is 14.5 Å². The van der Waals surface area contributed by atoms with Crippen molar-refractivity contribution >= 4 is 5.69 Å². The molecule has 0 aliphatic heterocycles. The zero-order valence-corrected chi connectivity index (χ0v) is 12.4. The van der Waals surface area contributed by atoms with Crippen LogP contribution in [-0.2, 0) is 6.54 Å². The zero-order valence-electron chi connectivity index (χ0n) is 12.4. The van der Waals surface area contributed by atoms with Gasteiger partial charge in [0, 0.05) is 12.2 Å². The average molecular weight is 291 g/mol. The molecule has 0 saturated heterocycles. The Morgan fingerprint density at radius 1 is 1.05 bits per heavy atom. The molecule has 0 spiro atoms. The summed E-state index contributed by atoms with van der Waals surface area (Å²) in [7, 11) is 0. The molecular weight excluding hydrogens is 272 g/mol. The minimum absolute atomic E-state index is 0.130. The van der Waals surface area contributed by atoms with Crippen LogP contribution in [0.15, 0.2) is 36.4 Å². The molecule has 0 aromatic heterocycles. The first kappa shape index (κ1) is 15.3. The number of hydrogen-bond acceptors (Lipinski definition) is 2. The number of nitrogens with one attached hydrogen (secondary N) is 1. The summed E-state index contributed by atoms with van der Waals surface area (Å²) < 4.78 is 31.6. The monoisotopic (exact) mass is 291 g/mol. The van der Waals surface area contributed by atoms with E-state index in [0.29, 0.717) is 12.1 Å². The molecular formula is C17H19F2NO. The van der Waals surface area contributed by atoms with Crippen LogP contribution in [0.25, 0.3) is 0 Å². The Hall–Kier alpha value is -2.10. The maximum atomic E-state index is 13.1. The van der Waals surface area contributed by atoms with Crippen molar-refractivity contribution in [3.63, 3.8) is 0 Å². The lowest BCUT2D eigenvalue weighted by molar-refractivity contribution is 0.242. The van der Waals surface area contributed by atoms with E-state index in [1.54, 1.807) is 6.07 Å². The fourth-order valence-corrected chi connectivity index (χ4v) is 2.03. The first-order valence-electron chi connectivity index (χ1n) is 6.91. The van der Waals surface area contributed by atoms with Crippen LogP contribution in [0.5, 0.6) is 5.75 Å². The van der Waals surface area contributed by atoms with E-state index in [-0.39, 0.29) is 6.10 Å². The molecule has 0 saturated carbocycles. The second-order valence-corrected chi connectivity index (χ2v) is 5.25. The molecule has 0 aliphatic carbocycles. The predicted octanol–water partition coefficient (Wildman–Crippen LogP) is 4.67. The number of halogens is 2. The standard InChI is InChI=1S/C17H19F2NO/c1-11(2)21-14-5-7-17(12(3)8-14)20-10-13-4-6-15(18)16(19)9-13/h4-9,11,20H,10H2,1-3H3. The number of rotatable bonds is 5. The number of benzene rings is 2. The molecule has 112 valence electrons. The molecule has 0 unspecified atom stereocenters. The molecule has 0 atom stereocenters. The summed E-state index contributed by atoms with van der Waals surface area (Å²) >= 11 is 0. The summed E-state index contributed by atoms with van der Waals surface area (Å²) in [6.07, 6.45) is 0.130. The van der Waals surface area contributed by atoms with E-state index >= 15 is 0 Å². The second-order valence-electron chi connectivity index (χ2n) is 5.25. The summed E-state index contributed by atoms with van der Waals surface area (Å²) in [5, 5.41) is 3.21. The van der Waals surface area contributed by atoms with Gasteiger partial charge >= 0.3 is 0 Å². The van der Waals surface area contributed by atoms with Crippen molar-refractivity contribution in [2.75, 3.05) is 5.32 Å². The first-order valence-corrected chi connectivity index (χ1v) is 6.91. The van der Waals surface area contributed by atoms with E-state index in [4.69, 9.17) is 4.74 Å². The van der Waals surface area contributed by atoms with E-state index in [0.717, 1.165) is 23.1 Å². The third-order valence-electron chi connectivity index (χ3n) is 3.04. The summed E-state index contributed by atoms with van der Waals surface area (Å²) in [6.45, 7) is 6.36. The second kappa shape index (κ2) is 6.57. The van der Waals surface area contributed by atoms with E-state index in [1.807, 2.05) is 39.0 Å². The Balaban J connectivity index is 2.04. The van der Waals surface area contributed by atoms with Gasteiger partial charge in [0.1, 0.15) is 5.75 Å². The molecule has 2 aromatic rings. The number of ether oxygens (including phenoxy) is 1. The normalized spacial score (nSPS) is 10.8. The first-order chi connectivity index (χ1) is 9.95. The van der Waals surface area contributed by atoms with Gasteiger partial charge < -0.3 is 10.1 Å². The third-order valence-corrected chi connectivity index (χ3v) is 3.04. The summed E-state index contributed by atoms with van der Waals surface area (Å²) in [5.74, 6) is -0.835. The SMILES string of the molecule is Cc1cc(OC(C)C)ccc1NCc1ccc(F)c(F)c1. The van der Waals surface area contributed by atoms with Crippen LogP contribution >= 0.6 is 0 Å². The van der Waals surface area contributed by atoms with Crippen LogP contribution in [0, 0.1) is 18.6 Å². The van der Waals surface area contributed by atoms with Gasteiger partial charge in [-0.1, -0.05) is 6.07 Å². The Kier molecular flexibility index (Phi) is 4.78. The van der Waals surface area contributed by atoms with Crippen molar-refractivity contribution in [2.45, 2.75) is 33.4 Å². The van der Waals surface area contributed by atoms with E-state index < -0.39 is 11.6 Å². The summed E-state index contributed by atoms with van der Waals surface area (Å²) in [6, 6.07) is 9.67. The minimum Gasteiger partial charge on any atom is -0.491 e. The average Bonchev–Trinajstić information content (AvgIpc) is 2.41. The van der Waals surface area contributed by atoms with Crippen LogP contribution < -0.4 is 10.1 Å². The Morgan fingerprint density at radius 2 is 1.81 bits per heavy atom. The van der Waals surface area contributed by atoms with Crippen molar-refractivity contribution in [2.24, 2.45) is 0 Å². The van der Waals surface area contributed by atoms with Crippen molar-refractivity contribution in [1.82, 2.24) is 0 Å². The molecule has 2 aromatic carbocycles. The van der Waals surface area contributed by atoms with Gasteiger partial charge in [0.15, 0.2) is 11.6 Å². The molecule has 0 radical (unpaired) electrons. The highest BCUT2D eigenvalue weighted by Gasteiger charge is 2.05. The minimum atomic E-state index is -0.829. The summed E-state index contributed by atoms with van der Waals surface area (Å²) in [4.78, 5) is 0. The lowest BCUT2D eigenvalue weighted by Gasteiger charge is -2.14. The molecule has 0 aliphatic rings. The smallest absolute Gasteiger partial charge is 0.159 e. The Bertz CT molecular complexity index is 626. The highest BCUT2D eigenvalue weighted by molar-refractivity contribution is 5.53. The van der Waals surface area contributed by atoms with Gasteiger partial charge in [0.25, 0.3) is 0 Å². The van der Waals surface area contributed by atoms with E-state index in [1.165, 1.54) is 6.07 Å². The molecule has 0 bridgehead atoms. The lowest BCUT2D eigenvalue weighted by atomic mass is 10.1. The van der Waals surface area contributed by atoms with Gasteiger partial charge in [-0.25, -0.2) is 8.78 Å². The molecule has 0 heterocycles. The van der Waals surface area contributed by atoms with Gasteiger partial charge in [-0.15, -0.1) is 0 Å². The zero-order chi connectivity index (χ0) is 15.4. The fraction of sp³-hybridized carbons (Fsp3) is 0.294. The van der Waals surface area contributed by atoms with Crippen molar-refractivity contribution in [1.29, 1.82) is 0 Å². The largest absolute Gasteiger partial charge is 0.491 e. The quantitative estimate of drug-likeness (QED) is 0.864. The molecule has 2 nitrogen and oxygen atoms in total. The highest BCUT2D eigenvalue weighted by Crippen LogP contribution is 2.23. The van der Waals surface area contributed by atoms with Crippen molar-refractivity contribution < 1.29 is 13.5 Å². The molecule has 4 heteroatoms. The molecule has 0 amide bonds. The van der Waals surface area contributed by atoms with E-state index in [2.05, 4.69) is 5.32 Å². The third kappa shape index (κ3) is 4.18. The number of aryl methyl sites for hydroxylation is 1. The van der Waals surface area contributed by atoms with Crippen LogP contribution in [0.2, 0.25) is 0 Å². The fourth-order valence-electron chi connectivity index (χ4n) is 2.03. The van der Waals surface area contributed by atoms with Gasteiger partial charge in [-0.2, -0.15) is 0 Å². The molecule has 21 heavy (non-hydrogen) atoms. The molecule has 2 rings (SSSR count). The lowest BCUT2D eigenvalue weighted by Crippen LogP contribution is -2.06. The molecule has 1 N–H and O–H groups in total. The van der Waals surface area contributed by atoms with Crippen LogP contribution in [0.1, 0.15) is 25.0 Å². The Labute approximate surface area is 123 Å². The van der Waals surface area contributed by atoms with Crippen molar-refractivity contribution in [3.8, 4) is 5.75 Å². The summed E-state index contributed by atoms with van der Waals surface area (Å²) in [5.41, 5.74) is 2.67. The predicted molar refractivity (Wildman–Crippen MR) is 80.6 cm³/mol. The van der Waals surface area contributed by atoms with Gasteiger partial charge in [0.2, 0.25) is 0 Å². The maximum Gasteiger partial charge on any atom is 0.159 e. The van der Waals surface area contributed by atoms with Gasteiger partial charge in [-0.3, -0.25) is 0 Å². The van der Waals surface area contributed by atoms with Crippen LogP contribution in [0.3, 0.4) is 0 Å². The van der Waals surface area contributed by atoms with Gasteiger partial charge in [0.05, 0.1) is 6.10 Å². The topological polar surface area (TPSA) is 21.3 Å². The van der Waals surface area contributed by atoms with Crippen molar-refractivity contribution in [3.05, 3.63) is 59.2 Å². The van der Waals surface area contributed by atoms with Crippen LogP contribution in [-0.4, -0.2) is 6.10 Å². The highest BCUT2D eigenvalue weighted by atomic mass is 19.2. The molecule has 0 fully saturated rings.